The molecule has 2 aromatic rings. The lowest BCUT2D eigenvalue weighted by molar-refractivity contribution is -0.126. The molecule has 1 fully saturated rings. The molecule has 0 bridgehead atoms. The first-order valence-corrected chi connectivity index (χ1v) is 11.3. The van der Waals surface area contributed by atoms with Gasteiger partial charge >= 0.3 is 0 Å². The van der Waals surface area contributed by atoms with Gasteiger partial charge < -0.3 is 15.0 Å². The lowest BCUT2D eigenvalue weighted by Gasteiger charge is -2.32. The van der Waals surface area contributed by atoms with E-state index in [2.05, 4.69) is 21.6 Å². The minimum atomic E-state index is -0.636. The molecule has 7 heteroatoms. The molecule has 0 aliphatic carbocycles. The van der Waals surface area contributed by atoms with Gasteiger partial charge in [0.25, 0.3) is 5.91 Å². The second kappa shape index (κ2) is 10.6. The van der Waals surface area contributed by atoms with Crippen molar-refractivity contribution in [1.29, 1.82) is 0 Å². The highest BCUT2D eigenvalue weighted by Gasteiger charge is 2.25. The van der Waals surface area contributed by atoms with E-state index in [9.17, 15) is 4.79 Å². The Morgan fingerprint density at radius 1 is 1.29 bits per heavy atom. The van der Waals surface area contributed by atoms with Gasteiger partial charge in [0.15, 0.2) is 6.10 Å². The maximum Gasteiger partial charge on any atom is 0.259 e. The van der Waals surface area contributed by atoms with Crippen molar-refractivity contribution in [3.05, 3.63) is 48.2 Å². The molecular weight excluding hydrogens is 372 g/mol. The van der Waals surface area contributed by atoms with Crippen LogP contribution in [0.1, 0.15) is 37.0 Å². The first-order valence-electron chi connectivity index (χ1n) is 9.86. The third kappa shape index (κ3) is 5.37. The minimum absolute atomic E-state index is 0.176. The summed E-state index contributed by atoms with van der Waals surface area (Å²) in [6.45, 7) is 3.33. The van der Waals surface area contributed by atoms with Crippen LogP contribution in [0.5, 0.6) is 0 Å². The molecule has 0 unspecified atom stereocenters. The van der Waals surface area contributed by atoms with Crippen LogP contribution >= 0.6 is 11.8 Å². The van der Waals surface area contributed by atoms with Gasteiger partial charge in [-0.3, -0.25) is 4.79 Å². The molecule has 28 heavy (non-hydrogen) atoms. The Balaban J connectivity index is 1.59. The zero-order valence-corrected chi connectivity index (χ0v) is 17.5. The molecule has 1 saturated heterocycles. The number of likely N-dealkylation sites (tertiary alicyclic amines) is 1. The fourth-order valence-corrected chi connectivity index (χ4v) is 4.16. The van der Waals surface area contributed by atoms with Crippen LogP contribution in [0.25, 0.3) is 0 Å². The zero-order valence-electron chi connectivity index (χ0n) is 16.7. The Morgan fingerprint density at radius 2 is 2.04 bits per heavy atom. The van der Waals surface area contributed by atoms with Crippen LogP contribution in [0, 0.1) is 0 Å². The first-order chi connectivity index (χ1) is 13.7. The zero-order chi connectivity index (χ0) is 19.8. The number of piperidine rings is 1. The molecule has 1 aromatic carbocycles. The maximum atomic E-state index is 12.8. The Bertz CT molecular complexity index is 729. The number of thioether (sulfide) groups is 1. The van der Waals surface area contributed by atoms with Crippen molar-refractivity contribution in [1.82, 2.24) is 14.7 Å². The van der Waals surface area contributed by atoms with Crippen molar-refractivity contribution in [2.45, 2.75) is 31.4 Å². The molecule has 0 radical (unpaired) electrons. The Kier molecular flexibility index (Phi) is 7.94. The molecule has 1 amide bonds. The number of nitrogens with zero attached hydrogens (tertiary/aromatic N) is 3. The van der Waals surface area contributed by atoms with Crippen LogP contribution in [0.15, 0.2) is 42.6 Å². The number of amides is 1. The molecule has 152 valence electrons. The van der Waals surface area contributed by atoms with E-state index in [0.29, 0.717) is 6.04 Å². The third-order valence-corrected chi connectivity index (χ3v) is 5.92. The standard InChI is InChI=1S/C21H30N4O2S/c1-27-20(17-7-4-3-5-8-17)21(26)23-19-9-12-22-25(19)18-10-14-24(15-11-18)13-6-16-28-2/h3-5,7-9,12,18,20H,6,10-11,13-16H2,1-2H3,(H,23,26)/t20-/m1/s1. The second-order valence-corrected chi connectivity index (χ2v) is 8.08. The summed E-state index contributed by atoms with van der Waals surface area (Å²) in [6, 6.07) is 11.7. The molecule has 6 nitrogen and oxygen atoms in total. The average Bonchev–Trinajstić information content (AvgIpc) is 3.18. The van der Waals surface area contributed by atoms with Gasteiger partial charge in [-0.1, -0.05) is 30.3 Å². The van der Waals surface area contributed by atoms with E-state index in [1.807, 2.05) is 52.8 Å². The number of carbonyl (C=O) groups excluding carboxylic acids is 1. The monoisotopic (exact) mass is 402 g/mol. The van der Waals surface area contributed by atoms with E-state index >= 15 is 0 Å². The number of hydrogen-bond acceptors (Lipinski definition) is 5. The SMILES string of the molecule is CO[C@@H](C(=O)Nc1ccnn1C1CCN(CCCSC)CC1)c1ccccc1. The van der Waals surface area contributed by atoms with Crippen LogP contribution < -0.4 is 5.32 Å². The topological polar surface area (TPSA) is 59.4 Å². The summed E-state index contributed by atoms with van der Waals surface area (Å²) < 4.78 is 7.41. The second-order valence-electron chi connectivity index (χ2n) is 7.10. The van der Waals surface area contributed by atoms with E-state index in [1.165, 1.54) is 18.7 Å². The van der Waals surface area contributed by atoms with Gasteiger partial charge in [0.2, 0.25) is 0 Å². The van der Waals surface area contributed by atoms with Gasteiger partial charge in [-0.15, -0.1) is 0 Å². The number of methoxy groups -OCH3 is 1. The first kappa shape index (κ1) is 20.9. The van der Waals surface area contributed by atoms with Gasteiger partial charge in [-0.25, -0.2) is 4.68 Å². The van der Waals surface area contributed by atoms with Gasteiger partial charge in [0.05, 0.1) is 12.2 Å². The van der Waals surface area contributed by atoms with E-state index in [4.69, 9.17) is 4.74 Å². The summed E-state index contributed by atoms with van der Waals surface area (Å²) in [7, 11) is 1.56. The predicted molar refractivity (Wildman–Crippen MR) is 115 cm³/mol. The van der Waals surface area contributed by atoms with Crippen molar-refractivity contribution < 1.29 is 9.53 Å². The summed E-state index contributed by atoms with van der Waals surface area (Å²) in [4.78, 5) is 15.3. The molecular formula is C21H30N4O2S. The van der Waals surface area contributed by atoms with Crippen molar-refractivity contribution in [3.8, 4) is 0 Å². The smallest absolute Gasteiger partial charge is 0.259 e. The van der Waals surface area contributed by atoms with Crippen LogP contribution in [-0.2, 0) is 9.53 Å². The van der Waals surface area contributed by atoms with E-state index < -0.39 is 6.10 Å². The number of ether oxygens (including phenoxy) is 1. The molecule has 1 atom stereocenters. The van der Waals surface area contributed by atoms with Crippen molar-refractivity contribution in [2.24, 2.45) is 0 Å². The summed E-state index contributed by atoms with van der Waals surface area (Å²) in [5.41, 5.74) is 0.840. The van der Waals surface area contributed by atoms with Crippen molar-refractivity contribution in [2.75, 3.05) is 44.1 Å². The molecule has 0 spiro atoms. The number of rotatable bonds is 9. The molecule has 2 heterocycles. The molecule has 0 saturated carbocycles. The average molecular weight is 403 g/mol. The summed E-state index contributed by atoms with van der Waals surface area (Å²) in [5.74, 6) is 1.78. The number of hydrogen-bond donors (Lipinski definition) is 1. The van der Waals surface area contributed by atoms with Gasteiger partial charge in [0, 0.05) is 26.3 Å². The summed E-state index contributed by atoms with van der Waals surface area (Å²) >= 11 is 1.91. The van der Waals surface area contributed by atoms with Gasteiger partial charge in [-0.2, -0.15) is 16.9 Å². The fraction of sp³-hybridized carbons (Fsp3) is 0.524. The molecule has 1 N–H and O–H groups in total. The third-order valence-electron chi connectivity index (χ3n) is 5.22. The lowest BCUT2D eigenvalue weighted by Crippen LogP contribution is -2.36. The molecule has 3 rings (SSSR count). The van der Waals surface area contributed by atoms with Crippen LogP contribution in [0.3, 0.4) is 0 Å². The number of aromatic nitrogens is 2. The summed E-state index contributed by atoms with van der Waals surface area (Å²) in [5, 5.41) is 7.50. The van der Waals surface area contributed by atoms with Crippen LogP contribution in [0.2, 0.25) is 0 Å². The largest absolute Gasteiger partial charge is 0.367 e. The van der Waals surface area contributed by atoms with Crippen LogP contribution in [-0.4, -0.2) is 59.3 Å². The quantitative estimate of drug-likeness (QED) is 0.650. The number of benzene rings is 1. The number of carbonyl (C=O) groups is 1. The molecule has 1 aliphatic heterocycles. The van der Waals surface area contributed by atoms with Crippen molar-refractivity contribution in [3.63, 3.8) is 0 Å². The van der Waals surface area contributed by atoms with E-state index in [1.54, 1.807) is 13.3 Å². The Hall–Kier alpha value is -1.83. The number of nitrogens with one attached hydrogen (secondary N) is 1. The van der Waals surface area contributed by atoms with Gasteiger partial charge in [0.1, 0.15) is 5.82 Å². The molecule has 1 aliphatic rings. The highest BCUT2D eigenvalue weighted by atomic mass is 32.2. The predicted octanol–water partition coefficient (Wildman–Crippen LogP) is 3.60. The minimum Gasteiger partial charge on any atom is -0.367 e. The fourth-order valence-electron chi connectivity index (χ4n) is 3.74. The normalized spacial score (nSPS) is 16.8. The highest BCUT2D eigenvalue weighted by molar-refractivity contribution is 7.98. The van der Waals surface area contributed by atoms with Gasteiger partial charge in [-0.05, 0) is 43.4 Å². The Morgan fingerprint density at radius 3 is 2.71 bits per heavy atom. The van der Waals surface area contributed by atoms with E-state index in [-0.39, 0.29) is 5.91 Å². The summed E-state index contributed by atoms with van der Waals surface area (Å²) in [6.07, 6.45) is 6.62. The molecule has 1 aromatic heterocycles. The van der Waals surface area contributed by atoms with E-state index in [0.717, 1.165) is 37.3 Å². The highest BCUT2D eigenvalue weighted by Crippen LogP contribution is 2.26. The van der Waals surface area contributed by atoms with Crippen LogP contribution in [0.4, 0.5) is 5.82 Å². The number of anilines is 1. The van der Waals surface area contributed by atoms with Crippen molar-refractivity contribution >= 4 is 23.5 Å². The maximum absolute atomic E-state index is 12.8. The lowest BCUT2D eigenvalue weighted by atomic mass is 10.1. The Labute approximate surface area is 171 Å².